The molecule has 1 atom stereocenters. The molecule has 0 aromatic heterocycles. The van der Waals surface area contributed by atoms with E-state index in [1.165, 1.54) is 11.9 Å². The van der Waals surface area contributed by atoms with Gasteiger partial charge in [-0.1, -0.05) is 0 Å². The first-order valence-corrected chi connectivity index (χ1v) is 6.08. The van der Waals surface area contributed by atoms with Gasteiger partial charge in [-0.15, -0.1) is 0 Å². The Labute approximate surface area is 114 Å². The number of carbonyl (C=O) groups excluding carboxylic acids is 2. The van der Waals surface area contributed by atoms with Gasteiger partial charge in [-0.2, -0.15) is 0 Å². The standard InChI is InChI=1S/C13H14F2N2O3/c1-16-13(19)11-7-20-3-2-17(11)12-9(14)4-8(6-18)5-10(12)15/h4-6,11H,2-3,7H2,1H3,(H,16,19). The molecule has 2 rings (SSSR count). The Kier molecular flexibility index (Phi) is 4.29. The summed E-state index contributed by atoms with van der Waals surface area (Å²) >= 11 is 0. The third kappa shape index (κ3) is 2.62. The fourth-order valence-electron chi connectivity index (χ4n) is 2.18. The van der Waals surface area contributed by atoms with Crippen molar-refractivity contribution in [3.8, 4) is 0 Å². The normalized spacial score (nSPS) is 18.8. The van der Waals surface area contributed by atoms with Crippen molar-refractivity contribution in [2.45, 2.75) is 6.04 Å². The second-order valence-electron chi connectivity index (χ2n) is 4.35. The third-order valence-corrected chi connectivity index (χ3v) is 3.14. The van der Waals surface area contributed by atoms with Crippen molar-refractivity contribution < 1.29 is 23.1 Å². The number of benzene rings is 1. The Morgan fingerprint density at radius 1 is 1.45 bits per heavy atom. The summed E-state index contributed by atoms with van der Waals surface area (Å²) in [5, 5.41) is 2.43. The number of morpholine rings is 1. The minimum absolute atomic E-state index is 0.0496. The van der Waals surface area contributed by atoms with Gasteiger partial charge >= 0.3 is 0 Å². The quantitative estimate of drug-likeness (QED) is 0.831. The molecule has 0 saturated carbocycles. The van der Waals surface area contributed by atoms with Gasteiger partial charge in [-0.25, -0.2) is 8.78 Å². The van der Waals surface area contributed by atoms with Crippen LogP contribution < -0.4 is 10.2 Å². The molecule has 1 aromatic carbocycles. The predicted octanol–water partition coefficient (Wildman–Crippen LogP) is 0.728. The number of anilines is 1. The maximum absolute atomic E-state index is 14.0. The summed E-state index contributed by atoms with van der Waals surface area (Å²) in [5.41, 5.74) is -0.402. The highest BCUT2D eigenvalue weighted by atomic mass is 19.1. The second-order valence-corrected chi connectivity index (χ2v) is 4.35. The molecule has 1 N–H and O–H groups in total. The van der Waals surface area contributed by atoms with Crippen LogP contribution >= 0.6 is 0 Å². The average Bonchev–Trinajstić information content (AvgIpc) is 2.46. The lowest BCUT2D eigenvalue weighted by molar-refractivity contribution is -0.124. The summed E-state index contributed by atoms with van der Waals surface area (Å²) in [6.45, 7) is 0.502. The Morgan fingerprint density at radius 3 is 2.65 bits per heavy atom. The third-order valence-electron chi connectivity index (χ3n) is 3.14. The molecule has 1 aliphatic heterocycles. The first-order chi connectivity index (χ1) is 9.58. The number of ether oxygens (including phenoxy) is 1. The van der Waals surface area contributed by atoms with E-state index in [9.17, 15) is 18.4 Å². The second kappa shape index (κ2) is 5.96. The minimum atomic E-state index is -0.872. The van der Waals surface area contributed by atoms with Gasteiger partial charge in [0.1, 0.15) is 29.6 Å². The predicted molar refractivity (Wildman–Crippen MR) is 67.8 cm³/mol. The number of hydrogen-bond donors (Lipinski definition) is 1. The summed E-state index contributed by atoms with van der Waals surface area (Å²) in [6, 6.07) is 1.09. The van der Waals surface area contributed by atoms with Crippen LogP contribution in [0.1, 0.15) is 10.4 Å². The monoisotopic (exact) mass is 284 g/mol. The van der Waals surface area contributed by atoms with Crippen molar-refractivity contribution in [2.75, 3.05) is 31.7 Å². The van der Waals surface area contributed by atoms with Crippen LogP contribution in [-0.2, 0) is 9.53 Å². The number of nitrogens with zero attached hydrogens (tertiary/aromatic N) is 1. The molecule has 1 heterocycles. The van der Waals surface area contributed by atoms with E-state index in [1.807, 2.05) is 0 Å². The van der Waals surface area contributed by atoms with E-state index in [0.717, 1.165) is 12.1 Å². The number of hydrogen-bond acceptors (Lipinski definition) is 4. The number of carbonyl (C=O) groups is 2. The number of likely N-dealkylation sites (N-methyl/N-ethyl adjacent to an activating group) is 1. The molecule has 5 nitrogen and oxygen atoms in total. The van der Waals surface area contributed by atoms with Crippen LogP contribution in [0.4, 0.5) is 14.5 Å². The number of amides is 1. The van der Waals surface area contributed by atoms with Crippen LogP contribution in [0.2, 0.25) is 0 Å². The zero-order valence-electron chi connectivity index (χ0n) is 10.9. The largest absolute Gasteiger partial charge is 0.377 e. The van der Waals surface area contributed by atoms with Crippen LogP contribution in [0, 0.1) is 11.6 Å². The maximum Gasteiger partial charge on any atom is 0.244 e. The van der Waals surface area contributed by atoms with Gasteiger partial charge in [0.05, 0.1) is 13.2 Å². The van der Waals surface area contributed by atoms with Crippen molar-refractivity contribution in [3.63, 3.8) is 0 Å². The molecule has 0 spiro atoms. The van der Waals surface area contributed by atoms with E-state index in [2.05, 4.69) is 5.32 Å². The lowest BCUT2D eigenvalue weighted by atomic mass is 10.1. The lowest BCUT2D eigenvalue weighted by Gasteiger charge is -2.36. The molecule has 1 aromatic rings. The van der Waals surface area contributed by atoms with Crippen molar-refractivity contribution in [3.05, 3.63) is 29.3 Å². The summed E-state index contributed by atoms with van der Waals surface area (Å²) in [7, 11) is 1.44. The highest BCUT2D eigenvalue weighted by Gasteiger charge is 2.32. The molecule has 1 aliphatic rings. The van der Waals surface area contributed by atoms with Gasteiger partial charge < -0.3 is 15.0 Å². The fraction of sp³-hybridized carbons (Fsp3) is 0.385. The van der Waals surface area contributed by atoms with E-state index in [-0.39, 0.29) is 36.9 Å². The molecule has 1 saturated heterocycles. The summed E-state index contributed by atoms with van der Waals surface area (Å²) in [6.07, 6.45) is 0.367. The molecule has 1 amide bonds. The number of rotatable bonds is 3. The molecule has 1 fully saturated rings. The Bertz CT molecular complexity index is 513. The molecule has 0 aliphatic carbocycles. The van der Waals surface area contributed by atoms with E-state index in [4.69, 9.17) is 4.74 Å². The van der Waals surface area contributed by atoms with Crippen LogP contribution in [0.3, 0.4) is 0 Å². The SMILES string of the molecule is CNC(=O)C1COCCN1c1c(F)cc(C=O)cc1F. The smallest absolute Gasteiger partial charge is 0.244 e. The number of nitrogens with one attached hydrogen (secondary N) is 1. The number of aldehydes is 1. The zero-order chi connectivity index (χ0) is 14.7. The summed E-state index contributed by atoms with van der Waals surface area (Å²) in [5.74, 6) is -2.13. The van der Waals surface area contributed by atoms with Gasteiger partial charge in [-0.3, -0.25) is 9.59 Å². The van der Waals surface area contributed by atoms with Crippen molar-refractivity contribution >= 4 is 17.9 Å². The van der Waals surface area contributed by atoms with Crippen molar-refractivity contribution in [1.82, 2.24) is 5.32 Å². The molecule has 1 unspecified atom stereocenters. The minimum Gasteiger partial charge on any atom is -0.377 e. The first-order valence-electron chi connectivity index (χ1n) is 6.08. The van der Waals surface area contributed by atoms with Crippen molar-refractivity contribution in [2.24, 2.45) is 0 Å². The van der Waals surface area contributed by atoms with Crippen LogP contribution in [0.15, 0.2) is 12.1 Å². The average molecular weight is 284 g/mol. The molecular formula is C13H14F2N2O3. The Morgan fingerprint density at radius 2 is 2.10 bits per heavy atom. The first kappa shape index (κ1) is 14.4. The molecule has 0 bridgehead atoms. The van der Waals surface area contributed by atoms with E-state index < -0.39 is 17.7 Å². The van der Waals surface area contributed by atoms with Gasteiger partial charge in [-0.05, 0) is 12.1 Å². The molecular weight excluding hydrogens is 270 g/mol. The lowest BCUT2D eigenvalue weighted by Crippen LogP contribution is -2.54. The van der Waals surface area contributed by atoms with Crippen LogP contribution in [0.25, 0.3) is 0 Å². The van der Waals surface area contributed by atoms with Crippen LogP contribution in [-0.4, -0.2) is 45.0 Å². The molecule has 7 heteroatoms. The summed E-state index contributed by atoms with van der Waals surface area (Å²) < 4.78 is 33.2. The molecule has 0 radical (unpaired) electrons. The van der Waals surface area contributed by atoms with Crippen molar-refractivity contribution in [1.29, 1.82) is 0 Å². The Balaban J connectivity index is 2.42. The highest BCUT2D eigenvalue weighted by molar-refractivity contribution is 5.86. The van der Waals surface area contributed by atoms with E-state index in [1.54, 1.807) is 0 Å². The van der Waals surface area contributed by atoms with Gasteiger partial charge in [0.25, 0.3) is 0 Å². The summed E-state index contributed by atoms with van der Waals surface area (Å²) in [4.78, 5) is 23.7. The van der Waals surface area contributed by atoms with Crippen LogP contribution in [0.5, 0.6) is 0 Å². The van der Waals surface area contributed by atoms with E-state index in [0.29, 0.717) is 6.29 Å². The van der Waals surface area contributed by atoms with Gasteiger partial charge in [0.2, 0.25) is 5.91 Å². The van der Waals surface area contributed by atoms with E-state index >= 15 is 0 Å². The molecule has 108 valence electrons. The maximum atomic E-state index is 14.0. The topological polar surface area (TPSA) is 58.6 Å². The zero-order valence-corrected chi connectivity index (χ0v) is 10.9. The number of halogens is 2. The fourth-order valence-corrected chi connectivity index (χ4v) is 2.18. The van der Waals surface area contributed by atoms with Gasteiger partial charge in [0, 0.05) is 19.2 Å². The molecule has 20 heavy (non-hydrogen) atoms. The van der Waals surface area contributed by atoms with Gasteiger partial charge in [0.15, 0.2) is 0 Å². The Hall–Kier alpha value is -2.02. The highest BCUT2D eigenvalue weighted by Crippen LogP contribution is 2.27.